The van der Waals surface area contributed by atoms with Gasteiger partial charge in [-0.15, -0.1) is 0 Å². The number of hydrogen-bond donors (Lipinski definition) is 1. The molecule has 2 rings (SSSR count). The van der Waals surface area contributed by atoms with Crippen LogP contribution in [0.4, 0.5) is 24.5 Å². The van der Waals surface area contributed by atoms with Crippen LogP contribution >= 0.6 is 0 Å². The van der Waals surface area contributed by atoms with Gasteiger partial charge in [-0.2, -0.15) is 13.2 Å². The van der Waals surface area contributed by atoms with E-state index in [9.17, 15) is 22.8 Å². The van der Waals surface area contributed by atoms with Crippen molar-refractivity contribution in [1.82, 2.24) is 0 Å². The summed E-state index contributed by atoms with van der Waals surface area (Å²) in [4.78, 5) is 25.2. The molecule has 1 N–H and O–H groups in total. The third-order valence-electron chi connectivity index (χ3n) is 4.08. The molecule has 27 heavy (non-hydrogen) atoms. The highest BCUT2D eigenvalue weighted by atomic mass is 19.4. The van der Waals surface area contributed by atoms with Gasteiger partial charge >= 0.3 is 6.18 Å². The molecule has 0 unspecified atom stereocenters. The second kappa shape index (κ2) is 8.24. The second-order valence-corrected chi connectivity index (χ2v) is 6.34. The van der Waals surface area contributed by atoms with Gasteiger partial charge < -0.3 is 10.2 Å². The predicted molar refractivity (Wildman–Crippen MR) is 98.6 cm³/mol. The van der Waals surface area contributed by atoms with Gasteiger partial charge in [-0.05, 0) is 43.7 Å². The van der Waals surface area contributed by atoms with Crippen LogP contribution in [0.5, 0.6) is 0 Å². The molecular formula is C20H21F3N2O2. The third kappa shape index (κ3) is 5.57. The fourth-order valence-corrected chi connectivity index (χ4v) is 2.70. The van der Waals surface area contributed by atoms with Gasteiger partial charge in [0.05, 0.1) is 5.56 Å². The van der Waals surface area contributed by atoms with E-state index in [0.717, 1.165) is 28.2 Å². The van der Waals surface area contributed by atoms with Crippen molar-refractivity contribution >= 4 is 23.2 Å². The number of aryl methyl sites for hydroxylation is 2. The van der Waals surface area contributed by atoms with Gasteiger partial charge in [0.25, 0.3) is 0 Å². The molecule has 0 radical (unpaired) electrons. The maximum absolute atomic E-state index is 12.9. The molecule has 0 aliphatic heterocycles. The molecule has 0 aliphatic rings. The summed E-state index contributed by atoms with van der Waals surface area (Å²) in [6.45, 7) is 5.04. The Balaban J connectivity index is 2.08. The number of alkyl halides is 3. The third-order valence-corrected chi connectivity index (χ3v) is 4.08. The van der Waals surface area contributed by atoms with Crippen molar-refractivity contribution in [3.63, 3.8) is 0 Å². The van der Waals surface area contributed by atoms with Crippen LogP contribution in [-0.4, -0.2) is 18.4 Å². The first-order chi connectivity index (χ1) is 12.6. The van der Waals surface area contributed by atoms with Gasteiger partial charge in [-0.25, -0.2) is 0 Å². The molecule has 0 bridgehead atoms. The van der Waals surface area contributed by atoms with Crippen LogP contribution in [0.1, 0.15) is 30.0 Å². The molecule has 0 saturated carbocycles. The normalized spacial score (nSPS) is 11.2. The van der Waals surface area contributed by atoms with E-state index in [1.807, 2.05) is 26.0 Å². The SMILES string of the molecule is CC(=O)N(CCC(=O)Nc1ccc(C)cc1C)c1cccc(C(F)(F)F)c1. The standard InChI is InChI=1S/C20H21F3N2O2/c1-13-7-8-18(14(2)11-13)24-19(27)9-10-25(15(3)26)17-6-4-5-16(12-17)20(21,22)23/h4-8,11-12H,9-10H2,1-3H3,(H,24,27). The fraction of sp³-hybridized carbons (Fsp3) is 0.300. The summed E-state index contributed by atoms with van der Waals surface area (Å²) in [5.74, 6) is -0.756. The van der Waals surface area contributed by atoms with E-state index in [1.165, 1.54) is 19.1 Å². The van der Waals surface area contributed by atoms with Crippen molar-refractivity contribution in [1.29, 1.82) is 0 Å². The average molecular weight is 378 g/mol. The molecule has 2 amide bonds. The maximum atomic E-state index is 12.9. The largest absolute Gasteiger partial charge is 0.416 e. The minimum absolute atomic E-state index is 0.0205. The van der Waals surface area contributed by atoms with E-state index in [1.54, 1.807) is 6.07 Å². The average Bonchev–Trinajstić information content (AvgIpc) is 2.57. The number of benzene rings is 2. The molecule has 0 atom stereocenters. The van der Waals surface area contributed by atoms with Gasteiger partial charge in [-0.1, -0.05) is 23.8 Å². The van der Waals surface area contributed by atoms with E-state index in [4.69, 9.17) is 0 Å². The fourth-order valence-electron chi connectivity index (χ4n) is 2.70. The van der Waals surface area contributed by atoms with Gasteiger partial charge in [0.15, 0.2) is 0 Å². The Hall–Kier alpha value is -2.83. The highest BCUT2D eigenvalue weighted by Crippen LogP contribution is 2.31. The van der Waals surface area contributed by atoms with Gasteiger partial charge in [0, 0.05) is 31.3 Å². The van der Waals surface area contributed by atoms with Gasteiger partial charge in [-0.3, -0.25) is 9.59 Å². The highest BCUT2D eigenvalue weighted by molar-refractivity contribution is 5.95. The molecule has 144 valence electrons. The molecule has 2 aromatic carbocycles. The van der Waals surface area contributed by atoms with Crippen LogP contribution in [-0.2, 0) is 15.8 Å². The van der Waals surface area contributed by atoms with Crippen molar-refractivity contribution in [2.75, 3.05) is 16.8 Å². The number of anilines is 2. The quantitative estimate of drug-likeness (QED) is 0.820. The maximum Gasteiger partial charge on any atom is 0.416 e. The zero-order chi connectivity index (χ0) is 20.2. The number of halogens is 3. The number of rotatable bonds is 5. The Morgan fingerprint density at radius 2 is 1.78 bits per heavy atom. The summed E-state index contributed by atoms with van der Waals surface area (Å²) < 4.78 is 38.7. The Kier molecular flexibility index (Phi) is 6.25. The van der Waals surface area contributed by atoms with E-state index in [0.29, 0.717) is 5.69 Å². The Bertz CT molecular complexity index is 847. The highest BCUT2D eigenvalue weighted by Gasteiger charge is 2.31. The van der Waals surface area contributed by atoms with E-state index in [-0.39, 0.29) is 24.6 Å². The summed E-state index contributed by atoms with van der Waals surface area (Å²) in [7, 11) is 0. The van der Waals surface area contributed by atoms with Crippen LogP contribution < -0.4 is 10.2 Å². The van der Waals surface area contributed by atoms with Crippen molar-refractivity contribution in [3.8, 4) is 0 Å². The second-order valence-electron chi connectivity index (χ2n) is 6.34. The van der Waals surface area contributed by atoms with Crippen LogP contribution in [0.2, 0.25) is 0 Å². The predicted octanol–water partition coefficient (Wildman–Crippen LogP) is 4.70. The molecule has 0 aliphatic carbocycles. The van der Waals surface area contributed by atoms with Crippen LogP contribution in [0, 0.1) is 13.8 Å². The van der Waals surface area contributed by atoms with Gasteiger partial charge in [0.1, 0.15) is 0 Å². The smallest absolute Gasteiger partial charge is 0.326 e. The molecule has 2 aromatic rings. The lowest BCUT2D eigenvalue weighted by molar-refractivity contribution is -0.137. The zero-order valence-electron chi connectivity index (χ0n) is 15.4. The lowest BCUT2D eigenvalue weighted by atomic mass is 10.1. The molecule has 0 heterocycles. The van der Waals surface area contributed by atoms with Crippen molar-refractivity contribution in [2.24, 2.45) is 0 Å². The first kappa shape index (κ1) is 20.5. The summed E-state index contributed by atoms with van der Waals surface area (Å²) >= 11 is 0. The number of carbonyl (C=O) groups is 2. The monoisotopic (exact) mass is 378 g/mol. The number of hydrogen-bond acceptors (Lipinski definition) is 2. The summed E-state index contributed by atoms with van der Waals surface area (Å²) in [5, 5.41) is 2.76. The molecular weight excluding hydrogens is 357 g/mol. The molecule has 0 spiro atoms. The Morgan fingerprint density at radius 1 is 1.07 bits per heavy atom. The summed E-state index contributed by atoms with van der Waals surface area (Å²) in [6.07, 6.45) is -4.54. The minimum Gasteiger partial charge on any atom is -0.326 e. The van der Waals surface area contributed by atoms with E-state index < -0.39 is 17.6 Å². The number of amides is 2. The van der Waals surface area contributed by atoms with Crippen LogP contribution in [0.3, 0.4) is 0 Å². The lowest BCUT2D eigenvalue weighted by Gasteiger charge is -2.22. The Labute approximate surface area is 156 Å². The molecule has 0 aromatic heterocycles. The first-order valence-electron chi connectivity index (χ1n) is 8.40. The first-order valence-corrected chi connectivity index (χ1v) is 8.40. The molecule has 7 heteroatoms. The van der Waals surface area contributed by atoms with Crippen molar-refractivity contribution < 1.29 is 22.8 Å². The number of nitrogens with one attached hydrogen (secondary N) is 1. The molecule has 4 nitrogen and oxygen atoms in total. The zero-order valence-corrected chi connectivity index (χ0v) is 15.4. The van der Waals surface area contributed by atoms with Gasteiger partial charge in [0.2, 0.25) is 11.8 Å². The minimum atomic E-state index is -4.50. The van der Waals surface area contributed by atoms with Crippen molar-refractivity contribution in [2.45, 2.75) is 33.4 Å². The summed E-state index contributed by atoms with van der Waals surface area (Å²) in [5.41, 5.74) is 1.91. The summed E-state index contributed by atoms with van der Waals surface area (Å²) in [6, 6.07) is 10.1. The topological polar surface area (TPSA) is 49.4 Å². The molecule has 0 saturated heterocycles. The van der Waals surface area contributed by atoms with Crippen LogP contribution in [0.25, 0.3) is 0 Å². The Morgan fingerprint density at radius 3 is 2.37 bits per heavy atom. The van der Waals surface area contributed by atoms with E-state index >= 15 is 0 Å². The van der Waals surface area contributed by atoms with Crippen molar-refractivity contribution in [3.05, 3.63) is 59.2 Å². The lowest BCUT2D eigenvalue weighted by Crippen LogP contribution is -2.32. The molecule has 0 fully saturated rings. The van der Waals surface area contributed by atoms with E-state index in [2.05, 4.69) is 5.32 Å². The van der Waals surface area contributed by atoms with Crippen LogP contribution in [0.15, 0.2) is 42.5 Å². The number of carbonyl (C=O) groups excluding carboxylic acids is 2. The number of nitrogens with zero attached hydrogens (tertiary/aromatic N) is 1.